The largest absolute Gasteiger partial charge is 0.467 e. The van der Waals surface area contributed by atoms with Gasteiger partial charge in [0.2, 0.25) is 0 Å². The van der Waals surface area contributed by atoms with E-state index in [0.29, 0.717) is 12.2 Å². The number of benzene rings is 1. The lowest BCUT2D eigenvalue weighted by Gasteiger charge is -2.10. The zero-order valence-corrected chi connectivity index (χ0v) is 11.7. The van der Waals surface area contributed by atoms with Gasteiger partial charge in [0.1, 0.15) is 5.76 Å². The van der Waals surface area contributed by atoms with Gasteiger partial charge in [-0.15, -0.1) is 0 Å². The standard InChI is InChI=1S/C15H15NO5/c1-19-14(17)12-6-5-10(8-13(12)15(18)20-2)16-9-11-4-3-7-21-11/h3-8,16H,9H2,1-2H3. The van der Waals surface area contributed by atoms with E-state index in [1.807, 2.05) is 6.07 Å². The first-order valence-electron chi connectivity index (χ1n) is 6.22. The van der Waals surface area contributed by atoms with E-state index in [-0.39, 0.29) is 11.1 Å². The van der Waals surface area contributed by atoms with E-state index in [4.69, 9.17) is 4.42 Å². The van der Waals surface area contributed by atoms with Gasteiger partial charge < -0.3 is 19.2 Å². The molecule has 1 heterocycles. The van der Waals surface area contributed by atoms with E-state index in [1.54, 1.807) is 24.5 Å². The maximum absolute atomic E-state index is 11.8. The Hall–Kier alpha value is -2.76. The van der Waals surface area contributed by atoms with E-state index in [9.17, 15) is 9.59 Å². The number of anilines is 1. The summed E-state index contributed by atoms with van der Waals surface area (Å²) in [4.78, 5) is 23.4. The maximum Gasteiger partial charge on any atom is 0.338 e. The van der Waals surface area contributed by atoms with Crippen LogP contribution in [0.5, 0.6) is 0 Å². The minimum absolute atomic E-state index is 0.147. The fourth-order valence-corrected chi connectivity index (χ4v) is 1.82. The average molecular weight is 289 g/mol. The molecule has 0 amide bonds. The van der Waals surface area contributed by atoms with E-state index < -0.39 is 11.9 Å². The molecule has 0 spiro atoms. The number of hydrogen-bond acceptors (Lipinski definition) is 6. The van der Waals surface area contributed by atoms with E-state index in [2.05, 4.69) is 14.8 Å². The third kappa shape index (κ3) is 3.42. The first-order valence-corrected chi connectivity index (χ1v) is 6.22. The van der Waals surface area contributed by atoms with Gasteiger partial charge in [0.25, 0.3) is 0 Å². The van der Waals surface area contributed by atoms with Gasteiger partial charge in [-0.05, 0) is 30.3 Å². The Labute approximate surface area is 121 Å². The molecule has 0 unspecified atom stereocenters. The fraction of sp³-hybridized carbons (Fsp3) is 0.200. The van der Waals surface area contributed by atoms with Gasteiger partial charge in [0.15, 0.2) is 0 Å². The summed E-state index contributed by atoms with van der Waals surface area (Å²) in [5.41, 5.74) is 0.973. The number of esters is 2. The summed E-state index contributed by atoms with van der Waals surface area (Å²) in [6, 6.07) is 8.36. The Morgan fingerprint density at radius 3 is 2.43 bits per heavy atom. The van der Waals surface area contributed by atoms with E-state index in [0.717, 1.165) is 5.76 Å². The number of nitrogens with one attached hydrogen (secondary N) is 1. The number of carbonyl (C=O) groups excluding carboxylic acids is 2. The Morgan fingerprint density at radius 1 is 1.10 bits per heavy atom. The molecule has 0 radical (unpaired) electrons. The van der Waals surface area contributed by atoms with Crippen LogP contribution in [0.2, 0.25) is 0 Å². The molecule has 6 heteroatoms. The van der Waals surface area contributed by atoms with Gasteiger partial charge >= 0.3 is 11.9 Å². The van der Waals surface area contributed by atoms with Crippen LogP contribution in [-0.2, 0) is 16.0 Å². The summed E-state index contributed by atoms with van der Waals surface area (Å²) in [5, 5.41) is 3.10. The molecule has 0 bridgehead atoms. The Bertz CT molecular complexity index is 634. The number of hydrogen-bond donors (Lipinski definition) is 1. The Balaban J connectivity index is 2.24. The molecule has 0 saturated heterocycles. The summed E-state index contributed by atoms with van der Waals surface area (Å²) in [6.07, 6.45) is 1.58. The number of rotatable bonds is 5. The molecule has 0 fully saturated rings. The van der Waals surface area contributed by atoms with Gasteiger partial charge in [0, 0.05) is 5.69 Å². The second-order valence-corrected chi connectivity index (χ2v) is 4.18. The first-order chi connectivity index (χ1) is 10.2. The highest BCUT2D eigenvalue weighted by Crippen LogP contribution is 2.19. The number of ether oxygens (including phenoxy) is 2. The van der Waals surface area contributed by atoms with Crippen LogP contribution in [0.1, 0.15) is 26.5 Å². The van der Waals surface area contributed by atoms with Gasteiger partial charge in [-0.3, -0.25) is 0 Å². The first kappa shape index (κ1) is 14.6. The SMILES string of the molecule is COC(=O)c1ccc(NCc2ccco2)cc1C(=O)OC. The molecule has 1 N–H and O–H groups in total. The zero-order valence-electron chi connectivity index (χ0n) is 11.7. The van der Waals surface area contributed by atoms with Crippen LogP contribution in [0.15, 0.2) is 41.0 Å². The van der Waals surface area contributed by atoms with Gasteiger partial charge in [-0.2, -0.15) is 0 Å². The third-order valence-corrected chi connectivity index (χ3v) is 2.88. The number of carbonyl (C=O) groups is 2. The summed E-state index contributed by atoms with van der Waals surface area (Å²) >= 11 is 0. The fourth-order valence-electron chi connectivity index (χ4n) is 1.82. The smallest absolute Gasteiger partial charge is 0.338 e. The zero-order chi connectivity index (χ0) is 15.2. The molecule has 0 aliphatic heterocycles. The van der Waals surface area contributed by atoms with Crippen LogP contribution in [0.3, 0.4) is 0 Å². The van der Waals surface area contributed by atoms with E-state index >= 15 is 0 Å². The number of furan rings is 1. The molecule has 110 valence electrons. The van der Waals surface area contributed by atoms with Crippen molar-refractivity contribution in [2.24, 2.45) is 0 Å². The van der Waals surface area contributed by atoms with Crippen LogP contribution in [0.4, 0.5) is 5.69 Å². The normalized spacial score (nSPS) is 10.0. The van der Waals surface area contributed by atoms with Crippen molar-refractivity contribution < 1.29 is 23.5 Å². The lowest BCUT2D eigenvalue weighted by atomic mass is 10.1. The van der Waals surface area contributed by atoms with Gasteiger partial charge in [-0.25, -0.2) is 9.59 Å². The van der Waals surface area contributed by atoms with E-state index in [1.165, 1.54) is 20.3 Å². The molecule has 21 heavy (non-hydrogen) atoms. The minimum Gasteiger partial charge on any atom is -0.467 e. The molecule has 6 nitrogen and oxygen atoms in total. The molecule has 0 aliphatic carbocycles. The van der Waals surface area contributed by atoms with Crippen LogP contribution in [-0.4, -0.2) is 26.2 Å². The second-order valence-electron chi connectivity index (χ2n) is 4.18. The van der Waals surface area contributed by atoms with Crippen molar-refractivity contribution in [1.29, 1.82) is 0 Å². The molecule has 0 atom stereocenters. The summed E-state index contributed by atoms with van der Waals surface area (Å²) in [7, 11) is 2.51. The van der Waals surface area contributed by atoms with Crippen LogP contribution in [0, 0.1) is 0 Å². The number of methoxy groups -OCH3 is 2. The average Bonchev–Trinajstić information content (AvgIpc) is 3.04. The molecule has 2 rings (SSSR count). The minimum atomic E-state index is -0.600. The highest BCUT2D eigenvalue weighted by atomic mass is 16.5. The Morgan fingerprint density at radius 2 is 1.81 bits per heavy atom. The predicted octanol–water partition coefficient (Wildman–Crippen LogP) is 2.46. The predicted molar refractivity (Wildman–Crippen MR) is 75.2 cm³/mol. The molecule has 0 aliphatic rings. The molecule has 1 aromatic carbocycles. The lowest BCUT2D eigenvalue weighted by molar-refractivity contribution is 0.0555. The molecular formula is C15H15NO5. The summed E-state index contributed by atoms with van der Waals surface area (Å²) in [5.74, 6) is -0.434. The van der Waals surface area contributed by atoms with Gasteiger partial charge in [0.05, 0.1) is 38.2 Å². The summed E-state index contributed by atoms with van der Waals surface area (Å²) < 4.78 is 14.5. The van der Waals surface area contributed by atoms with Crippen LogP contribution in [0.25, 0.3) is 0 Å². The second kappa shape index (κ2) is 6.60. The van der Waals surface area contributed by atoms with Crippen molar-refractivity contribution >= 4 is 17.6 Å². The van der Waals surface area contributed by atoms with Crippen molar-refractivity contribution in [3.63, 3.8) is 0 Å². The van der Waals surface area contributed by atoms with Crippen molar-refractivity contribution in [2.45, 2.75) is 6.54 Å². The third-order valence-electron chi connectivity index (χ3n) is 2.88. The quantitative estimate of drug-likeness (QED) is 0.852. The monoisotopic (exact) mass is 289 g/mol. The van der Waals surface area contributed by atoms with Crippen LogP contribution >= 0.6 is 0 Å². The molecule has 1 aromatic heterocycles. The Kier molecular flexibility index (Phi) is 4.61. The molecule has 2 aromatic rings. The molecular weight excluding hydrogens is 274 g/mol. The van der Waals surface area contributed by atoms with Crippen molar-refractivity contribution in [3.05, 3.63) is 53.5 Å². The van der Waals surface area contributed by atoms with Gasteiger partial charge in [-0.1, -0.05) is 0 Å². The summed E-state index contributed by atoms with van der Waals surface area (Å²) in [6.45, 7) is 0.463. The maximum atomic E-state index is 11.8. The topological polar surface area (TPSA) is 77.8 Å². The van der Waals surface area contributed by atoms with Crippen molar-refractivity contribution in [2.75, 3.05) is 19.5 Å². The lowest BCUT2D eigenvalue weighted by Crippen LogP contribution is -2.12. The van der Waals surface area contributed by atoms with Crippen molar-refractivity contribution in [3.8, 4) is 0 Å². The van der Waals surface area contributed by atoms with Crippen LogP contribution < -0.4 is 5.32 Å². The highest BCUT2D eigenvalue weighted by molar-refractivity contribution is 6.03. The molecule has 0 saturated carbocycles. The van der Waals surface area contributed by atoms with Crippen molar-refractivity contribution in [1.82, 2.24) is 0 Å². The highest BCUT2D eigenvalue weighted by Gasteiger charge is 2.18.